The van der Waals surface area contributed by atoms with Gasteiger partial charge in [-0.25, -0.2) is 17.4 Å². The lowest BCUT2D eigenvalue weighted by Gasteiger charge is -2.07. The highest BCUT2D eigenvalue weighted by Crippen LogP contribution is 2.28. The van der Waals surface area contributed by atoms with E-state index in [4.69, 9.17) is 5.73 Å². The van der Waals surface area contributed by atoms with Crippen LogP contribution in [0.3, 0.4) is 0 Å². The Morgan fingerprint density at radius 3 is 2.20 bits per heavy atom. The summed E-state index contributed by atoms with van der Waals surface area (Å²) in [6, 6.07) is 0.0941. The Labute approximate surface area is 83.3 Å². The van der Waals surface area contributed by atoms with Gasteiger partial charge in [0.05, 0.1) is 5.69 Å². The molecule has 0 aliphatic rings. The summed E-state index contributed by atoms with van der Waals surface area (Å²) >= 11 is 0. The van der Waals surface area contributed by atoms with Gasteiger partial charge < -0.3 is 5.73 Å². The average Bonchev–Trinajstić information content (AvgIpc) is 2.15. The van der Waals surface area contributed by atoms with Crippen molar-refractivity contribution in [3.63, 3.8) is 0 Å². The molecule has 8 heteroatoms. The summed E-state index contributed by atoms with van der Waals surface area (Å²) in [5, 5.41) is 0. The van der Waals surface area contributed by atoms with Crippen molar-refractivity contribution < 1.29 is 26.2 Å². The third-order valence-corrected chi connectivity index (χ3v) is 2.65. The van der Waals surface area contributed by atoms with Gasteiger partial charge in [0, 0.05) is 6.07 Å². The maximum absolute atomic E-state index is 12.9. The fourth-order valence-corrected chi connectivity index (χ4v) is 1.64. The van der Waals surface area contributed by atoms with Gasteiger partial charge in [-0.3, -0.25) is 0 Å². The molecule has 1 atom stereocenters. The molecule has 2 N–H and O–H groups in total. The van der Waals surface area contributed by atoms with Gasteiger partial charge in [-0.05, 0) is 0 Å². The van der Waals surface area contributed by atoms with Crippen LogP contribution in [0.5, 0.6) is 0 Å². The second-order valence-corrected chi connectivity index (χ2v) is 3.81. The summed E-state index contributed by atoms with van der Waals surface area (Å²) in [6.45, 7) is 0. The van der Waals surface area contributed by atoms with Crippen molar-refractivity contribution in [2.24, 2.45) is 0 Å². The Bertz CT molecular complexity index is 396. The molecule has 0 amide bonds. The van der Waals surface area contributed by atoms with E-state index in [0.29, 0.717) is 0 Å². The molecule has 1 unspecified atom stereocenters. The molecule has 0 saturated carbocycles. The van der Waals surface area contributed by atoms with Crippen LogP contribution in [-0.4, -0.2) is 9.97 Å². The average molecular weight is 245 g/mol. The third kappa shape index (κ3) is 2.09. The van der Waals surface area contributed by atoms with E-state index in [9.17, 15) is 26.2 Å². The van der Waals surface area contributed by atoms with Gasteiger partial charge in [-0.2, -0.15) is 8.78 Å². The number of hydrogen-bond acceptors (Lipinski definition) is 2. The fourth-order valence-electron chi connectivity index (χ4n) is 0.873. The van der Waals surface area contributed by atoms with Crippen molar-refractivity contribution in [2.45, 2.75) is 10.7 Å². The van der Waals surface area contributed by atoms with E-state index in [1.807, 2.05) is 0 Å². The highest BCUT2D eigenvalue weighted by molar-refractivity contribution is 7.85. The van der Waals surface area contributed by atoms with Crippen molar-refractivity contribution in [1.29, 1.82) is 0 Å². The molecule has 1 aromatic rings. The van der Waals surface area contributed by atoms with E-state index >= 15 is 0 Å². The van der Waals surface area contributed by atoms with Crippen LogP contribution in [0, 0.1) is 17.5 Å². The zero-order chi connectivity index (χ0) is 11.7. The van der Waals surface area contributed by atoms with Crippen LogP contribution in [0.1, 0.15) is 0 Å². The number of halogens is 5. The normalized spacial score (nSPS) is 13.2. The van der Waals surface area contributed by atoms with E-state index in [-0.39, 0.29) is 6.07 Å². The quantitative estimate of drug-likeness (QED) is 0.492. The van der Waals surface area contributed by atoms with Crippen LogP contribution in [0.2, 0.25) is 0 Å². The number of benzene rings is 1. The second kappa shape index (κ2) is 4.13. The first-order chi connectivity index (χ1) is 6.86. The van der Waals surface area contributed by atoms with Gasteiger partial charge in [-0.1, -0.05) is 0 Å². The minimum atomic E-state index is -3.47. The lowest BCUT2D eigenvalue weighted by Crippen LogP contribution is -2.11. The van der Waals surface area contributed by atoms with Crippen LogP contribution >= 0.6 is 0 Å². The van der Waals surface area contributed by atoms with Gasteiger partial charge in [0.1, 0.15) is 21.5 Å². The molecular weight excluding hydrogens is 241 g/mol. The Morgan fingerprint density at radius 1 is 1.20 bits per heavy atom. The summed E-state index contributed by atoms with van der Waals surface area (Å²) < 4.78 is 73.0. The zero-order valence-corrected chi connectivity index (χ0v) is 7.75. The van der Waals surface area contributed by atoms with Crippen LogP contribution in [0.15, 0.2) is 11.0 Å². The molecule has 0 aliphatic carbocycles. The Morgan fingerprint density at radius 2 is 1.73 bits per heavy atom. The van der Waals surface area contributed by atoms with Crippen molar-refractivity contribution in [3.05, 3.63) is 23.5 Å². The molecule has 15 heavy (non-hydrogen) atoms. The minimum absolute atomic E-state index is 0.0941. The van der Waals surface area contributed by atoms with E-state index in [1.165, 1.54) is 0 Å². The first-order valence-electron chi connectivity index (χ1n) is 3.48. The van der Waals surface area contributed by atoms with E-state index in [2.05, 4.69) is 0 Å². The third-order valence-electron chi connectivity index (χ3n) is 1.53. The zero-order valence-electron chi connectivity index (χ0n) is 6.94. The first kappa shape index (κ1) is 11.9. The van der Waals surface area contributed by atoms with Crippen molar-refractivity contribution in [2.75, 3.05) is 5.73 Å². The molecule has 1 aromatic carbocycles. The predicted molar refractivity (Wildman–Crippen MR) is 43.1 cm³/mol. The second-order valence-electron chi connectivity index (χ2n) is 2.46. The van der Waals surface area contributed by atoms with Crippen molar-refractivity contribution in [1.82, 2.24) is 0 Å². The van der Waals surface area contributed by atoms with Crippen molar-refractivity contribution in [3.8, 4) is 0 Å². The smallest absolute Gasteiger partial charge is 0.316 e. The summed E-state index contributed by atoms with van der Waals surface area (Å²) in [5.74, 6) is -8.45. The molecule has 0 fully saturated rings. The maximum atomic E-state index is 12.9. The lowest BCUT2D eigenvalue weighted by atomic mass is 10.3. The SMILES string of the molecule is Nc1c(F)cc(F)c(F)c1S(=O)C(F)F. The molecule has 0 radical (unpaired) electrons. The number of anilines is 1. The summed E-state index contributed by atoms with van der Waals surface area (Å²) in [7, 11) is -3.19. The van der Waals surface area contributed by atoms with E-state index in [0.717, 1.165) is 0 Å². The molecule has 1 rings (SSSR count). The van der Waals surface area contributed by atoms with E-state index in [1.54, 1.807) is 0 Å². The summed E-state index contributed by atoms with van der Waals surface area (Å²) in [6.07, 6.45) is 0. The topological polar surface area (TPSA) is 43.1 Å². The molecule has 0 aliphatic heterocycles. The number of alkyl halides is 2. The Hall–Kier alpha value is -1.18. The summed E-state index contributed by atoms with van der Waals surface area (Å²) in [5.41, 5.74) is 3.81. The first-order valence-corrected chi connectivity index (χ1v) is 4.69. The number of rotatable bonds is 2. The van der Waals surface area contributed by atoms with Gasteiger partial charge >= 0.3 is 5.76 Å². The van der Waals surface area contributed by atoms with Gasteiger partial charge in [0.15, 0.2) is 11.6 Å². The fraction of sp³-hybridized carbons (Fsp3) is 0.143. The van der Waals surface area contributed by atoms with Crippen LogP contribution in [-0.2, 0) is 10.8 Å². The maximum Gasteiger partial charge on any atom is 0.316 e. The lowest BCUT2D eigenvalue weighted by molar-refractivity contribution is 0.243. The molecule has 0 saturated heterocycles. The largest absolute Gasteiger partial charge is 0.395 e. The molecule has 0 aromatic heterocycles. The minimum Gasteiger partial charge on any atom is -0.395 e. The Kier molecular flexibility index (Phi) is 3.28. The standard InChI is InChI=1S/C7H4F5NOS/c8-2-1-3(9)5(13)6(4(2)10)15(14)7(11)12/h1,7H,13H2. The highest BCUT2D eigenvalue weighted by atomic mass is 32.2. The van der Waals surface area contributed by atoms with Gasteiger partial charge in [-0.15, -0.1) is 0 Å². The van der Waals surface area contributed by atoms with Gasteiger partial charge in [0.25, 0.3) is 0 Å². The molecular formula is C7H4F5NOS. The molecule has 0 heterocycles. The van der Waals surface area contributed by atoms with Gasteiger partial charge in [0.2, 0.25) is 0 Å². The van der Waals surface area contributed by atoms with Crippen LogP contribution < -0.4 is 5.73 Å². The van der Waals surface area contributed by atoms with E-state index < -0.39 is 44.6 Å². The molecule has 84 valence electrons. The van der Waals surface area contributed by atoms with Crippen molar-refractivity contribution >= 4 is 16.5 Å². The molecule has 0 spiro atoms. The van der Waals surface area contributed by atoms with Crippen LogP contribution in [0.4, 0.5) is 27.6 Å². The number of hydrogen-bond donors (Lipinski definition) is 1. The summed E-state index contributed by atoms with van der Waals surface area (Å²) in [4.78, 5) is -1.34. The highest BCUT2D eigenvalue weighted by Gasteiger charge is 2.26. The monoisotopic (exact) mass is 245 g/mol. The molecule has 0 bridgehead atoms. The van der Waals surface area contributed by atoms with Crippen LogP contribution in [0.25, 0.3) is 0 Å². The Balaban J connectivity index is 3.46. The number of nitrogen functional groups attached to an aromatic ring is 1. The number of nitrogens with two attached hydrogens (primary N) is 1. The predicted octanol–water partition coefficient (Wildman–Crippen LogP) is 2.02. The molecule has 2 nitrogen and oxygen atoms in total.